The van der Waals surface area contributed by atoms with Crippen LogP contribution in [0.4, 0.5) is 34.1 Å². The van der Waals surface area contributed by atoms with Gasteiger partial charge in [0.2, 0.25) is 0 Å². The van der Waals surface area contributed by atoms with Crippen molar-refractivity contribution in [3.05, 3.63) is 217 Å². The summed E-state index contributed by atoms with van der Waals surface area (Å²) in [7, 11) is 0. The van der Waals surface area contributed by atoms with Gasteiger partial charge in [0, 0.05) is 38.9 Å². The molecule has 0 heterocycles. The van der Waals surface area contributed by atoms with Crippen LogP contribution in [0, 0.1) is 0 Å². The maximum Gasteiger partial charge on any atom is 0.0619 e. The minimum absolute atomic E-state index is 0.0408. The molecule has 0 radical (unpaired) electrons. The van der Waals surface area contributed by atoms with Gasteiger partial charge in [-0.15, -0.1) is 0 Å². The fraction of sp³-hybridized carbons (Fsp3) is 0.129. The molecule has 2 heteroatoms. The lowest BCUT2D eigenvalue weighted by Gasteiger charge is -2.33. The molecule has 0 amide bonds. The van der Waals surface area contributed by atoms with Crippen LogP contribution < -0.4 is 9.80 Å². The van der Waals surface area contributed by atoms with Gasteiger partial charge < -0.3 is 9.80 Å². The Hall–Kier alpha value is -7.42. The molecular weight excluding hydrogens is 773 g/mol. The summed E-state index contributed by atoms with van der Waals surface area (Å²) in [5, 5.41) is 14.5. The maximum absolute atomic E-state index is 2.53. The van der Waals surface area contributed by atoms with Gasteiger partial charge in [0.05, 0.1) is 11.4 Å². The first-order valence-electron chi connectivity index (χ1n) is 22.6. The Labute approximate surface area is 376 Å². The van der Waals surface area contributed by atoms with Crippen molar-refractivity contribution in [3.63, 3.8) is 0 Å². The molecule has 11 aromatic carbocycles. The standard InChI is InChI=1S/C62H52N2/c1-61(2,3)50-27-32-56-49(33-50)38-57-58(60(56)64(54-30-25-43-17-9-13-21-47(43)36-54)55-31-26-44-18-10-14-22-48(44)37-55)39-51(62(4,5)6)40-59(57)63(52-28-23-41-15-7-11-19-45(41)34-52)53-29-24-42-16-8-12-20-46(42)35-53/h7-40H,1-6H3. The van der Waals surface area contributed by atoms with Gasteiger partial charge in [0.25, 0.3) is 0 Å². The second kappa shape index (κ2) is 15.1. The molecule has 0 saturated carbocycles. The molecule has 0 aliphatic carbocycles. The Morgan fingerprint density at radius 2 is 0.656 bits per heavy atom. The molecule has 0 fully saturated rings. The summed E-state index contributed by atoms with van der Waals surface area (Å²) in [5.74, 6) is 0. The van der Waals surface area contributed by atoms with E-state index in [1.807, 2.05) is 0 Å². The molecule has 0 bridgehead atoms. The first-order valence-corrected chi connectivity index (χ1v) is 22.6. The van der Waals surface area contributed by atoms with Crippen molar-refractivity contribution in [2.45, 2.75) is 52.4 Å². The van der Waals surface area contributed by atoms with Crippen molar-refractivity contribution in [1.82, 2.24) is 0 Å². The average Bonchev–Trinajstić information content (AvgIpc) is 3.30. The summed E-state index contributed by atoms with van der Waals surface area (Å²) in [6.07, 6.45) is 0. The van der Waals surface area contributed by atoms with Crippen LogP contribution in [0.2, 0.25) is 0 Å². The summed E-state index contributed by atoms with van der Waals surface area (Å²) >= 11 is 0. The van der Waals surface area contributed by atoms with E-state index in [1.165, 1.54) is 81.4 Å². The lowest BCUT2D eigenvalue weighted by molar-refractivity contribution is 0.591. The highest BCUT2D eigenvalue weighted by atomic mass is 15.2. The van der Waals surface area contributed by atoms with Crippen LogP contribution in [0.1, 0.15) is 52.7 Å². The number of anilines is 6. The monoisotopic (exact) mass is 824 g/mol. The van der Waals surface area contributed by atoms with E-state index in [4.69, 9.17) is 0 Å². The van der Waals surface area contributed by atoms with E-state index in [1.54, 1.807) is 0 Å². The molecule has 2 nitrogen and oxygen atoms in total. The van der Waals surface area contributed by atoms with Gasteiger partial charge in [-0.3, -0.25) is 0 Å². The summed E-state index contributed by atoms with van der Waals surface area (Å²) in [6.45, 7) is 14.0. The van der Waals surface area contributed by atoms with E-state index in [9.17, 15) is 0 Å². The molecule has 0 unspecified atom stereocenters. The molecule has 64 heavy (non-hydrogen) atoms. The molecule has 0 spiro atoms. The Kier molecular flexibility index (Phi) is 9.33. The van der Waals surface area contributed by atoms with Crippen molar-refractivity contribution < 1.29 is 0 Å². The highest BCUT2D eigenvalue weighted by Gasteiger charge is 2.27. The van der Waals surface area contributed by atoms with Gasteiger partial charge >= 0.3 is 0 Å². The summed E-state index contributed by atoms with van der Waals surface area (Å²) < 4.78 is 0. The normalized spacial score (nSPS) is 12.2. The highest BCUT2D eigenvalue weighted by Crippen LogP contribution is 2.51. The largest absolute Gasteiger partial charge is 0.310 e. The van der Waals surface area contributed by atoms with E-state index < -0.39 is 0 Å². The van der Waals surface area contributed by atoms with Gasteiger partial charge in [0.15, 0.2) is 0 Å². The first-order chi connectivity index (χ1) is 31.0. The first kappa shape index (κ1) is 39.4. The SMILES string of the molecule is CC(C)(C)c1ccc2c(N(c3ccc4ccccc4c3)c3ccc4ccccc4c3)c3cc(C(C)(C)C)cc(N(c4ccc5ccccc5c4)c4ccc5ccccc5c4)c3cc2c1. The number of benzene rings is 11. The fourth-order valence-corrected chi connectivity index (χ4v) is 9.61. The van der Waals surface area contributed by atoms with Gasteiger partial charge in [-0.1, -0.05) is 181 Å². The smallest absolute Gasteiger partial charge is 0.0619 e. The van der Waals surface area contributed by atoms with Crippen LogP contribution in [0.5, 0.6) is 0 Å². The molecular formula is C62H52N2. The van der Waals surface area contributed by atoms with Crippen LogP contribution in [0.15, 0.2) is 206 Å². The van der Waals surface area contributed by atoms with Crippen LogP contribution in [0.25, 0.3) is 64.6 Å². The Balaban J connectivity index is 1.31. The zero-order valence-electron chi connectivity index (χ0n) is 37.5. The minimum Gasteiger partial charge on any atom is -0.310 e. The zero-order valence-corrected chi connectivity index (χ0v) is 37.5. The number of hydrogen-bond donors (Lipinski definition) is 0. The summed E-state index contributed by atoms with van der Waals surface area (Å²) in [6, 6.07) is 77.1. The van der Waals surface area contributed by atoms with Crippen LogP contribution in [-0.2, 0) is 10.8 Å². The lowest BCUT2D eigenvalue weighted by atomic mass is 9.82. The molecule has 11 aromatic rings. The number of nitrogens with zero attached hydrogens (tertiary/aromatic N) is 2. The fourth-order valence-electron chi connectivity index (χ4n) is 9.61. The Morgan fingerprint density at radius 3 is 1.06 bits per heavy atom. The predicted molar refractivity (Wildman–Crippen MR) is 278 cm³/mol. The van der Waals surface area contributed by atoms with Crippen LogP contribution in [-0.4, -0.2) is 0 Å². The van der Waals surface area contributed by atoms with Crippen molar-refractivity contribution >= 4 is 98.8 Å². The third-order valence-electron chi connectivity index (χ3n) is 13.2. The Bertz CT molecular complexity index is 3440. The second-order valence-corrected chi connectivity index (χ2v) is 19.5. The maximum atomic E-state index is 2.53. The molecule has 0 aliphatic heterocycles. The summed E-state index contributed by atoms with van der Waals surface area (Å²) in [4.78, 5) is 5.04. The molecule has 0 saturated heterocycles. The average molecular weight is 825 g/mol. The van der Waals surface area contributed by atoms with E-state index in [2.05, 4.69) is 258 Å². The van der Waals surface area contributed by atoms with Crippen molar-refractivity contribution in [2.24, 2.45) is 0 Å². The molecule has 0 N–H and O–H groups in total. The van der Waals surface area contributed by atoms with Crippen molar-refractivity contribution in [2.75, 3.05) is 9.80 Å². The number of hydrogen-bond acceptors (Lipinski definition) is 2. The van der Waals surface area contributed by atoms with Gasteiger partial charge in [-0.25, -0.2) is 0 Å². The number of rotatable bonds is 6. The molecule has 0 aromatic heterocycles. The van der Waals surface area contributed by atoms with E-state index in [0.717, 1.165) is 28.4 Å². The van der Waals surface area contributed by atoms with Crippen molar-refractivity contribution in [3.8, 4) is 0 Å². The Morgan fingerprint density at radius 1 is 0.266 bits per heavy atom. The van der Waals surface area contributed by atoms with E-state index in [-0.39, 0.29) is 10.8 Å². The van der Waals surface area contributed by atoms with Crippen LogP contribution >= 0.6 is 0 Å². The molecule has 0 aliphatic rings. The van der Waals surface area contributed by atoms with E-state index >= 15 is 0 Å². The third-order valence-corrected chi connectivity index (χ3v) is 13.2. The van der Waals surface area contributed by atoms with Gasteiger partial charge in [-0.05, 0) is 137 Å². The topological polar surface area (TPSA) is 6.48 Å². The molecule has 11 rings (SSSR count). The quantitative estimate of drug-likeness (QED) is 0.154. The third kappa shape index (κ3) is 7.00. The van der Waals surface area contributed by atoms with Crippen LogP contribution in [0.3, 0.4) is 0 Å². The van der Waals surface area contributed by atoms with E-state index in [0.29, 0.717) is 0 Å². The lowest BCUT2D eigenvalue weighted by Crippen LogP contribution is -2.17. The molecule has 310 valence electrons. The zero-order chi connectivity index (χ0) is 43.7. The van der Waals surface area contributed by atoms with Gasteiger partial charge in [0.1, 0.15) is 0 Å². The number of fused-ring (bicyclic) bond motifs is 6. The van der Waals surface area contributed by atoms with Gasteiger partial charge in [-0.2, -0.15) is 0 Å². The second-order valence-electron chi connectivity index (χ2n) is 19.5. The summed E-state index contributed by atoms with van der Waals surface area (Å²) in [5.41, 5.74) is 9.16. The minimum atomic E-state index is -0.166. The van der Waals surface area contributed by atoms with Crippen molar-refractivity contribution in [1.29, 1.82) is 0 Å². The predicted octanol–water partition coefficient (Wildman–Crippen LogP) is 18.1. The highest BCUT2D eigenvalue weighted by molar-refractivity contribution is 6.19. The molecule has 0 atom stereocenters.